The maximum Gasteiger partial charge on any atom is 0.230 e. The monoisotopic (exact) mass is 390 g/mol. The summed E-state index contributed by atoms with van der Waals surface area (Å²) in [6.45, 7) is 1.95. The van der Waals surface area contributed by atoms with Gasteiger partial charge in [0.1, 0.15) is 5.03 Å². The highest BCUT2D eigenvalue weighted by Crippen LogP contribution is 2.34. The fourth-order valence-electron chi connectivity index (χ4n) is 2.79. The van der Waals surface area contributed by atoms with E-state index in [1.54, 1.807) is 23.1 Å². The van der Waals surface area contributed by atoms with Gasteiger partial charge in [0.2, 0.25) is 5.95 Å². The van der Waals surface area contributed by atoms with Gasteiger partial charge in [-0.25, -0.2) is 15.0 Å². The van der Waals surface area contributed by atoms with E-state index in [1.807, 2.05) is 48.8 Å². The Bertz CT molecular complexity index is 1260. The van der Waals surface area contributed by atoms with Crippen LogP contribution in [0.1, 0.15) is 5.69 Å². The van der Waals surface area contributed by atoms with Crippen LogP contribution >= 0.6 is 23.1 Å². The van der Waals surface area contributed by atoms with Gasteiger partial charge in [0.25, 0.3) is 0 Å². The van der Waals surface area contributed by atoms with Crippen LogP contribution in [0.15, 0.2) is 64.0 Å². The normalized spacial score (nSPS) is 11.3. The zero-order valence-electron chi connectivity index (χ0n) is 14.3. The van der Waals surface area contributed by atoms with E-state index in [0.29, 0.717) is 11.8 Å². The Kier molecular flexibility index (Phi) is 3.99. The number of para-hydroxylation sites is 1. The van der Waals surface area contributed by atoms with Crippen molar-refractivity contribution in [3.05, 3.63) is 59.7 Å². The molecule has 0 unspecified atom stereocenters. The molecular weight excluding hydrogens is 376 g/mol. The summed E-state index contributed by atoms with van der Waals surface area (Å²) in [7, 11) is 0. The third kappa shape index (κ3) is 3.24. The zero-order valence-corrected chi connectivity index (χ0v) is 15.9. The lowest BCUT2D eigenvalue weighted by Crippen LogP contribution is -1.99. The van der Waals surface area contributed by atoms with Crippen LogP contribution in [0.4, 0.5) is 11.8 Å². The molecule has 132 valence electrons. The third-order valence-electron chi connectivity index (χ3n) is 4.03. The van der Waals surface area contributed by atoms with E-state index in [9.17, 15) is 0 Å². The van der Waals surface area contributed by atoms with Crippen LogP contribution in [0.3, 0.4) is 0 Å². The molecule has 0 aliphatic rings. The maximum atomic E-state index is 4.74. The fraction of sp³-hybridized carbons (Fsp3) is 0.0526. The Morgan fingerprint density at radius 1 is 1.04 bits per heavy atom. The number of fused-ring (bicyclic) bond motifs is 2. The van der Waals surface area contributed by atoms with Crippen molar-refractivity contribution < 1.29 is 0 Å². The summed E-state index contributed by atoms with van der Waals surface area (Å²) < 4.78 is 1.17. The lowest BCUT2D eigenvalue weighted by Gasteiger charge is -2.09. The molecule has 0 saturated heterocycles. The summed E-state index contributed by atoms with van der Waals surface area (Å²) in [5.41, 5.74) is 4.76. The number of rotatable bonds is 4. The number of hydrogen-bond acceptors (Lipinski definition) is 7. The van der Waals surface area contributed by atoms with Gasteiger partial charge in [-0.05, 0) is 31.2 Å². The molecule has 27 heavy (non-hydrogen) atoms. The molecule has 0 spiro atoms. The van der Waals surface area contributed by atoms with E-state index in [-0.39, 0.29) is 0 Å². The molecule has 0 aliphatic heterocycles. The number of H-pyrrole nitrogens is 1. The van der Waals surface area contributed by atoms with E-state index in [1.165, 1.54) is 4.70 Å². The minimum Gasteiger partial charge on any atom is -0.307 e. The smallest absolute Gasteiger partial charge is 0.230 e. The molecule has 5 rings (SSSR count). The number of nitrogens with zero attached hydrogens (tertiary/aromatic N) is 4. The molecule has 2 N–H and O–H groups in total. The number of hydrogen-bond donors (Lipinski definition) is 2. The maximum absolute atomic E-state index is 4.74. The second-order valence-electron chi connectivity index (χ2n) is 6.01. The molecule has 0 radical (unpaired) electrons. The average molecular weight is 390 g/mol. The second kappa shape index (κ2) is 6.64. The number of anilines is 2. The highest BCUT2D eigenvalue weighted by molar-refractivity contribution is 7.99. The molecule has 8 heteroatoms. The summed E-state index contributed by atoms with van der Waals surface area (Å²) in [6, 6.07) is 16.2. The molecule has 3 heterocycles. The highest BCUT2D eigenvalue weighted by Gasteiger charge is 2.11. The first-order valence-electron chi connectivity index (χ1n) is 8.31. The number of aromatic nitrogens is 5. The van der Waals surface area contributed by atoms with E-state index < -0.39 is 0 Å². The SMILES string of the molecule is Cc1cc(Nc2nc(Sc3ccc4ncsc4c3)c3ccccc3n2)n[nH]1. The number of aromatic amines is 1. The van der Waals surface area contributed by atoms with Crippen LogP contribution in [0, 0.1) is 6.92 Å². The first-order chi connectivity index (χ1) is 13.2. The molecule has 0 atom stereocenters. The predicted molar refractivity (Wildman–Crippen MR) is 110 cm³/mol. The molecule has 0 amide bonds. The minimum atomic E-state index is 0.529. The summed E-state index contributed by atoms with van der Waals surface area (Å²) in [5.74, 6) is 1.23. The van der Waals surface area contributed by atoms with E-state index in [2.05, 4.69) is 37.6 Å². The van der Waals surface area contributed by atoms with Gasteiger partial charge in [-0.2, -0.15) is 5.10 Å². The summed E-state index contributed by atoms with van der Waals surface area (Å²) in [6.07, 6.45) is 0. The topological polar surface area (TPSA) is 79.4 Å². The van der Waals surface area contributed by atoms with Crippen LogP contribution in [0.2, 0.25) is 0 Å². The number of thiazole rings is 1. The van der Waals surface area contributed by atoms with Gasteiger partial charge < -0.3 is 5.32 Å². The number of nitrogens with one attached hydrogen (secondary N) is 2. The van der Waals surface area contributed by atoms with Gasteiger partial charge in [0.05, 0.1) is 21.2 Å². The van der Waals surface area contributed by atoms with Crippen LogP contribution in [0.5, 0.6) is 0 Å². The Hall–Kier alpha value is -2.97. The highest BCUT2D eigenvalue weighted by atomic mass is 32.2. The second-order valence-corrected chi connectivity index (χ2v) is 7.96. The van der Waals surface area contributed by atoms with Gasteiger partial charge in [0.15, 0.2) is 5.82 Å². The number of aryl methyl sites for hydroxylation is 1. The van der Waals surface area contributed by atoms with E-state index >= 15 is 0 Å². The Morgan fingerprint density at radius 3 is 2.85 bits per heavy atom. The molecule has 2 aromatic carbocycles. The zero-order chi connectivity index (χ0) is 18.2. The fourth-order valence-corrected chi connectivity index (χ4v) is 4.53. The summed E-state index contributed by atoms with van der Waals surface area (Å²) >= 11 is 3.27. The van der Waals surface area contributed by atoms with Crippen molar-refractivity contribution in [1.29, 1.82) is 0 Å². The van der Waals surface area contributed by atoms with Gasteiger partial charge >= 0.3 is 0 Å². The van der Waals surface area contributed by atoms with E-state index in [0.717, 1.165) is 32.0 Å². The molecule has 0 fully saturated rings. The molecule has 3 aromatic heterocycles. The van der Waals surface area contributed by atoms with Gasteiger partial charge in [0, 0.05) is 22.0 Å². The standard InChI is InChI=1S/C19H14N6S2/c1-11-8-17(25-24-11)22-19-21-14-5-3-2-4-13(14)18(23-19)27-12-6-7-15-16(9-12)26-10-20-15/h2-10H,1H3,(H2,21,22,23,24,25). The van der Waals surface area contributed by atoms with Crippen LogP contribution in [-0.2, 0) is 0 Å². The van der Waals surface area contributed by atoms with Crippen LogP contribution in [0.25, 0.3) is 21.1 Å². The summed E-state index contributed by atoms with van der Waals surface area (Å²) in [5, 5.41) is 12.2. The summed E-state index contributed by atoms with van der Waals surface area (Å²) in [4.78, 5) is 14.8. The Labute approximate surface area is 163 Å². The van der Waals surface area contributed by atoms with Crippen molar-refractivity contribution in [3.8, 4) is 0 Å². The van der Waals surface area contributed by atoms with Gasteiger partial charge in [-0.15, -0.1) is 11.3 Å². The quantitative estimate of drug-likeness (QED) is 0.412. The minimum absolute atomic E-state index is 0.529. The Balaban J connectivity index is 1.56. The molecule has 0 bridgehead atoms. The van der Waals surface area contributed by atoms with Gasteiger partial charge in [-0.1, -0.05) is 30.0 Å². The first-order valence-corrected chi connectivity index (χ1v) is 10.0. The molecule has 5 aromatic rings. The first kappa shape index (κ1) is 16.2. The van der Waals surface area contributed by atoms with Crippen LogP contribution in [-0.4, -0.2) is 25.1 Å². The van der Waals surface area contributed by atoms with E-state index in [4.69, 9.17) is 4.98 Å². The van der Waals surface area contributed by atoms with Crippen molar-refractivity contribution in [1.82, 2.24) is 25.1 Å². The van der Waals surface area contributed by atoms with Gasteiger partial charge in [-0.3, -0.25) is 5.10 Å². The van der Waals surface area contributed by atoms with Crippen molar-refractivity contribution >= 4 is 56.0 Å². The largest absolute Gasteiger partial charge is 0.307 e. The molecule has 0 saturated carbocycles. The Morgan fingerprint density at radius 2 is 1.96 bits per heavy atom. The lowest BCUT2D eigenvalue weighted by atomic mass is 10.2. The predicted octanol–water partition coefficient (Wildman–Crippen LogP) is 5.17. The lowest BCUT2D eigenvalue weighted by molar-refractivity contribution is 1.04. The van der Waals surface area contributed by atoms with Crippen molar-refractivity contribution in [2.45, 2.75) is 16.8 Å². The molecular formula is C19H14N6S2. The molecule has 0 aliphatic carbocycles. The van der Waals surface area contributed by atoms with Crippen LogP contribution < -0.4 is 5.32 Å². The number of benzene rings is 2. The third-order valence-corrected chi connectivity index (χ3v) is 5.82. The van der Waals surface area contributed by atoms with Crippen molar-refractivity contribution in [3.63, 3.8) is 0 Å². The van der Waals surface area contributed by atoms with Crippen molar-refractivity contribution in [2.75, 3.05) is 5.32 Å². The van der Waals surface area contributed by atoms with Crippen molar-refractivity contribution in [2.24, 2.45) is 0 Å². The average Bonchev–Trinajstić information content (AvgIpc) is 3.30. The molecule has 6 nitrogen and oxygen atoms in total.